The first kappa shape index (κ1) is 16.7. The summed E-state index contributed by atoms with van der Waals surface area (Å²) in [6.07, 6.45) is 3.13. The molecule has 1 aromatic heterocycles. The number of nitrogens with two attached hydrogens (primary N) is 1. The maximum atomic E-state index is 12.4. The van der Waals surface area contributed by atoms with Crippen molar-refractivity contribution in [3.8, 4) is 0 Å². The van der Waals surface area contributed by atoms with Crippen LogP contribution >= 0.6 is 0 Å². The summed E-state index contributed by atoms with van der Waals surface area (Å²) in [7, 11) is 0. The number of nitrogens with zero attached hydrogens (tertiary/aromatic N) is 2. The number of morpholine rings is 1. The van der Waals surface area contributed by atoms with Crippen LogP contribution in [-0.4, -0.2) is 47.4 Å². The molecule has 2 heterocycles. The van der Waals surface area contributed by atoms with Crippen LogP contribution in [0.1, 0.15) is 37.9 Å². The zero-order valence-corrected chi connectivity index (χ0v) is 13.7. The van der Waals surface area contributed by atoms with Gasteiger partial charge in [0.2, 0.25) is 0 Å². The fourth-order valence-electron chi connectivity index (χ4n) is 2.50. The highest BCUT2D eigenvalue weighted by atomic mass is 16.6. The van der Waals surface area contributed by atoms with Crippen molar-refractivity contribution in [1.29, 1.82) is 0 Å². The van der Waals surface area contributed by atoms with Gasteiger partial charge in [-0.05, 0) is 44.9 Å². The average molecular weight is 307 g/mol. The van der Waals surface area contributed by atoms with Crippen molar-refractivity contribution in [2.24, 2.45) is 5.73 Å². The van der Waals surface area contributed by atoms with Gasteiger partial charge in [-0.15, -0.1) is 0 Å². The van der Waals surface area contributed by atoms with E-state index in [2.05, 4.69) is 4.98 Å². The second-order valence-electron chi connectivity index (χ2n) is 6.57. The van der Waals surface area contributed by atoms with Crippen LogP contribution in [0.3, 0.4) is 0 Å². The molecule has 1 aromatic rings. The second kappa shape index (κ2) is 6.62. The van der Waals surface area contributed by atoms with E-state index in [1.807, 2.05) is 33.8 Å². The number of amides is 1. The number of hydrogen-bond donors (Lipinski definition) is 1. The molecule has 0 aliphatic carbocycles. The smallest absolute Gasteiger partial charge is 0.410 e. The molecule has 0 radical (unpaired) electrons. The number of rotatable bonds is 2. The number of aryl methyl sites for hydroxylation is 1. The summed E-state index contributed by atoms with van der Waals surface area (Å²) in [6.45, 7) is 8.91. The third kappa shape index (κ3) is 3.96. The van der Waals surface area contributed by atoms with Crippen molar-refractivity contribution >= 4 is 6.09 Å². The number of pyridine rings is 1. The molecule has 22 heavy (non-hydrogen) atoms. The molecule has 1 amide bonds. The summed E-state index contributed by atoms with van der Waals surface area (Å²) in [6, 6.07) is 1.30. The molecule has 1 saturated heterocycles. The van der Waals surface area contributed by atoms with Gasteiger partial charge < -0.3 is 15.2 Å². The summed E-state index contributed by atoms with van der Waals surface area (Å²) >= 11 is 0. The molecule has 2 atom stereocenters. The van der Waals surface area contributed by atoms with Crippen molar-refractivity contribution in [3.63, 3.8) is 0 Å². The van der Waals surface area contributed by atoms with E-state index in [-0.39, 0.29) is 18.2 Å². The highest BCUT2D eigenvalue weighted by Crippen LogP contribution is 2.25. The Labute approximate surface area is 131 Å². The van der Waals surface area contributed by atoms with Gasteiger partial charge in [-0.25, -0.2) is 4.79 Å². The largest absolute Gasteiger partial charge is 0.444 e. The van der Waals surface area contributed by atoms with E-state index >= 15 is 0 Å². The van der Waals surface area contributed by atoms with E-state index in [1.165, 1.54) is 0 Å². The first-order chi connectivity index (χ1) is 10.3. The van der Waals surface area contributed by atoms with Crippen LogP contribution in [0.15, 0.2) is 18.5 Å². The average Bonchev–Trinajstić information content (AvgIpc) is 2.45. The third-order valence-corrected chi connectivity index (χ3v) is 3.65. The standard InChI is InChI=1S/C16H25N3O3/c1-11-5-6-18-9-12(11)14(17)13-10-21-8-7-19(13)15(20)22-16(2,3)4/h5-6,9,13-14H,7-8,10,17H2,1-4H3. The van der Waals surface area contributed by atoms with E-state index < -0.39 is 5.60 Å². The molecule has 2 N–H and O–H groups in total. The predicted molar refractivity (Wildman–Crippen MR) is 83.4 cm³/mol. The summed E-state index contributed by atoms with van der Waals surface area (Å²) in [4.78, 5) is 18.2. The number of carbonyl (C=O) groups excluding carboxylic acids is 1. The lowest BCUT2D eigenvalue weighted by molar-refractivity contribution is -0.0382. The minimum absolute atomic E-state index is 0.258. The Balaban J connectivity index is 2.19. The molecule has 122 valence electrons. The van der Waals surface area contributed by atoms with Gasteiger partial charge in [0.05, 0.1) is 25.3 Å². The molecule has 1 aliphatic rings. The minimum atomic E-state index is -0.533. The Morgan fingerprint density at radius 2 is 2.27 bits per heavy atom. The van der Waals surface area contributed by atoms with E-state index in [0.717, 1.165) is 11.1 Å². The summed E-state index contributed by atoms with van der Waals surface area (Å²) in [5.74, 6) is 0. The van der Waals surface area contributed by atoms with Crippen molar-refractivity contribution < 1.29 is 14.3 Å². The van der Waals surface area contributed by atoms with Crippen molar-refractivity contribution in [3.05, 3.63) is 29.6 Å². The highest BCUT2D eigenvalue weighted by Gasteiger charge is 2.35. The fourth-order valence-corrected chi connectivity index (χ4v) is 2.50. The van der Waals surface area contributed by atoms with Gasteiger partial charge in [0.15, 0.2) is 0 Å². The molecule has 1 fully saturated rings. The normalized spacial score (nSPS) is 20.6. The number of aromatic nitrogens is 1. The monoisotopic (exact) mass is 307 g/mol. The van der Waals surface area contributed by atoms with Gasteiger partial charge in [-0.2, -0.15) is 0 Å². The molecule has 0 saturated carbocycles. The summed E-state index contributed by atoms with van der Waals surface area (Å²) in [5.41, 5.74) is 7.84. The first-order valence-corrected chi connectivity index (χ1v) is 7.53. The van der Waals surface area contributed by atoms with Gasteiger partial charge in [0, 0.05) is 18.9 Å². The molecule has 0 aromatic carbocycles. The lowest BCUT2D eigenvalue weighted by atomic mass is 9.97. The molecule has 2 unspecified atom stereocenters. The molecule has 0 spiro atoms. The Kier molecular flexibility index (Phi) is 5.03. The summed E-state index contributed by atoms with van der Waals surface area (Å²) < 4.78 is 11.0. The quantitative estimate of drug-likeness (QED) is 0.904. The van der Waals surface area contributed by atoms with Crippen molar-refractivity contribution in [2.45, 2.75) is 45.4 Å². The van der Waals surface area contributed by atoms with E-state index in [4.69, 9.17) is 15.2 Å². The lowest BCUT2D eigenvalue weighted by Gasteiger charge is -2.39. The van der Waals surface area contributed by atoms with Gasteiger partial charge in [-0.1, -0.05) is 0 Å². The van der Waals surface area contributed by atoms with Gasteiger partial charge in [0.1, 0.15) is 5.60 Å². The predicted octanol–water partition coefficient (Wildman–Crippen LogP) is 2.03. The SMILES string of the molecule is Cc1ccncc1C(N)C1COCCN1C(=O)OC(C)(C)C. The van der Waals surface area contributed by atoms with Gasteiger partial charge >= 0.3 is 6.09 Å². The fraction of sp³-hybridized carbons (Fsp3) is 0.625. The van der Waals surface area contributed by atoms with E-state index in [9.17, 15) is 4.79 Å². The van der Waals surface area contributed by atoms with Crippen molar-refractivity contribution in [2.75, 3.05) is 19.8 Å². The molecule has 2 rings (SSSR count). The third-order valence-electron chi connectivity index (χ3n) is 3.65. The molecular weight excluding hydrogens is 282 g/mol. The highest BCUT2D eigenvalue weighted by molar-refractivity contribution is 5.69. The lowest BCUT2D eigenvalue weighted by Crippen LogP contribution is -2.54. The van der Waals surface area contributed by atoms with Crippen LogP contribution in [0.4, 0.5) is 4.79 Å². The molecule has 6 nitrogen and oxygen atoms in total. The second-order valence-corrected chi connectivity index (χ2v) is 6.57. The maximum Gasteiger partial charge on any atom is 0.410 e. The topological polar surface area (TPSA) is 77.7 Å². The Bertz CT molecular complexity index is 528. The Morgan fingerprint density at radius 3 is 2.91 bits per heavy atom. The number of ether oxygens (including phenoxy) is 2. The van der Waals surface area contributed by atoms with Gasteiger partial charge in [-0.3, -0.25) is 9.88 Å². The zero-order valence-electron chi connectivity index (χ0n) is 13.7. The molecule has 0 bridgehead atoms. The zero-order chi connectivity index (χ0) is 16.3. The molecule has 1 aliphatic heterocycles. The number of carbonyl (C=O) groups is 1. The van der Waals surface area contributed by atoms with E-state index in [0.29, 0.717) is 19.8 Å². The maximum absolute atomic E-state index is 12.4. The van der Waals surface area contributed by atoms with Crippen LogP contribution in [0.25, 0.3) is 0 Å². The molecule has 6 heteroatoms. The minimum Gasteiger partial charge on any atom is -0.444 e. The van der Waals surface area contributed by atoms with Crippen LogP contribution in [-0.2, 0) is 9.47 Å². The van der Waals surface area contributed by atoms with Crippen LogP contribution in [0.5, 0.6) is 0 Å². The van der Waals surface area contributed by atoms with E-state index in [1.54, 1.807) is 17.3 Å². The van der Waals surface area contributed by atoms with Crippen LogP contribution < -0.4 is 5.73 Å². The Hall–Kier alpha value is -1.66. The summed E-state index contributed by atoms with van der Waals surface area (Å²) in [5, 5.41) is 0. The van der Waals surface area contributed by atoms with Crippen LogP contribution in [0, 0.1) is 6.92 Å². The van der Waals surface area contributed by atoms with Gasteiger partial charge in [0.25, 0.3) is 0 Å². The van der Waals surface area contributed by atoms with Crippen molar-refractivity contribution in [1.82, 2.24) is 9.88 Å². The van der Waals surface area contributed by atoms with Crippen LogP contribution in [0.2, 0.25) is 0 Å². The first-order valence-electron chi connectivity index (χ1n) is 7.53. The molecular formula is C16H25N3O3. The number of hydrogen-bond acceptors (Lipinski definition) is 5. The Morgan fingerprint density at radius 1 is 1.55 bits per heavy atom.